The lowest BCUT2D eigenvalue weighted by Gasteiger charge is -2.01. The normalized spacial score (nSPS) is 11.9. The van der Waals surface area contributed by atoms with E-state index in [4.69, 9.17) is 0 Å². The van der Waals surface area contributed by atoms with Gasteiger partial charge in [-0.2, -0.15) is 0 Å². The predicted octanol–water partition coefficient (Wildman–Crippen LogP) is 1.31. The van der Waals surface area contributed by atoms with Crippen LogP contribution in [0.2, 0.25) is 0 Å². The Balaban J connectivity index is 2.80. The molecule has 0 saturated carbocycles. The second kappa shape index (κ2) is 4.15. The van der Waals surface area contributed by atoms with Crippen LogP contribution in [-0.4, -0.2) is 11.8 Å². The highest BCUT2D eigenvalue weighted by molar-refractivity contribution is 6.23. The van der Waals surface area contributed by atoms with Gasteiger partial charge >= 0.3 is 0 Å². The number of imide groups is 1. The van der Waals surface area contributed by atoms with Crippen molar-refractivity contribution in [2.24, 2.45) is 0 Å². The molecule has 1 aliphatic rings. The smallest absolute Gasteiger partial charge is 0.260 e. The van der Waals surface area contributed by atoms with Crippen LogP contribution in [0.4, 0.5) is 0 Å². The van der Waals surface area contributed by atoms with E-state index in [0.717, 1.165) is 0 Å². The van der Waals surface area contributed by atoms with E-state index >= 15 is 0 Å². The molecule has 1 aromatic rings. The molecule has 82 valence electrons. The molecule has 0 radical (unpaired) electrons. The summed E-state index contributed by atoms with van der Waals surface area (Å²) in [5.41, 5.74) is 1.80. The third-order valence-corrected chi connectivity index (χ3v) is 2.41. The highest BCUT2D eigenvalue weighted by atomic mass is 16.2. The molecule has 0 saturated heterocycles. The van der Waals surface area contributed by atoms with E-state index < -0.39 is 11.8 Å². The fraction of sp³-hybridized carbons (Fsp3) is 0.143. The molecule has 0 aliphatic carbocycles. The van der Waals surface area contributed by atoms with Crippen LogP contribution in [0, 0.1) is 23.7 Å². The Kier molecular flexibility index (Phi) is 2.68. The molecule has 17 heavy (non-hydrogen) atoms. The summed E-state index contributed by atoms with van der Waals surface area (Å²) in [5, 5.41) is 2.27. The quantitative estimate of drug-likeness (QED) is 0.532. The van der Waals surface area contributed by atoms with Crippen LogP contribution < -0.4 is 5.32 Å². The van der Waals surface area contributed by atoms with Gasteiger partial charge in [0.25, 0.3) is 11.8 Å². The van der Waals surface area contributed by atoms with Crippen molar-refractivity contribution in [1.29, 1.82) is 0 Å². The molecule has 0 aromatic heterocycles. The Hall–Kier alpha value is -2.52. The van der Waals surface area contributed by atoms with Crippen molar-refractivity contribution in [2.45, 2.75) is 13.8 Å². The standard InChI is InChI=1S/C14H9NO2/c1-3-5-9-7-8-10(6-4-2)12-11(9)13(16)15-14(12)17/h7-8H,1-2H3,(H,15,16,17). The van der Waals surface area contributed by atoms with Gasteiger partial charge in [0.15, 0.2) is 0 Å². The first-order chi connectivity index (χ1) is 8.19. The van der Waals surface area contributed by atoms with Crippen molar-refractivity contribution >= 4 is 11.8 Å². The van der Waals surface area contributed by atoms with E-state index in [2.05, 4.69) is 29.0 Å². The SMILES string of the molecule is CC#Cc1ccc(C#CC)c2c1C(=O)NC2=O. The number of benzene rings is 1. The zero-order chi connectivity index (χ0) is 12.4. The van der Waals surface area contributed by atoms with E-state index in [1.165, 1.54) is 0 Å². The summed E-state index contributed by atoms with van der Waals surface area (Å²) in [6.45, 7) is 3.36. The molecule has 0 atom stereocenters. The Morgan fingerprint density at radius 2 is 1.29 bits per heavy atom. The molecule has 3 heteroatoms. The lowest BCUT2D eigenvalue weighted by Crippen LogP contribution is -2.20. The Morgan fingerprint density at radius 3 is 1.65 bits per heavy atom. The van der Waals surface area contributed by atoms with Gasteiger partial charge in [-0.25, -0.2) is 0 Å². The first-order valence-electron chi connectivity index (χ1n) is 5.07. The van der Waals surface area contributed by atoms with Gasteiger partial charge in [-0.3, -0.25) is 14.9 Å². The van der Waals surface area contributed by atoms with Gasteiger partial charge in [0, 0.05) is 11.1 Å². The zero-order valence-corrected chi connectivity index (χ0v) is 9.47. The summed E-state index contributed by atoms with van der Waals surface area (Å²) in [6, 6.07) is 3.43. The number of carbonyl (C=O) groups excluding carboxylic acids is 2. The summed E-state index contributed by atoms with van der Waals surface area (Å²) in [6.07, 6.45) is 0. The molecule has 1 N–H and O–H groups in total. The van der Waals surface area contributed by atoms with Gasteiger partial charge in [0.05, 0.1) is 11.1 Å². The summed E-state index contributed by atoms with van der Waals surface area (Å²) >= 11 is 0. The number of hydrogen-bond donors (Lipinski definition) is 1. The van der Waals surface area contributed by atoms with Gasteiger partial charge in [0.2, 0.25) is 0 Å². The van der Waals surface area contributed by atoms with E-state index in [9.17, 15) is 9.59 Å². The molecule has 1 aromatic carbocycles. The predicted molar refractivity (Wildman–Crippen MR) is 63.3 cm³/mol. The zero-order valence-electron chi connectivity index (χ0n) is 9.47. The first kappa shape index (κ1) is 11.0. The Bertz CT molecular complexity index is 592. The van der Waals surface area contributed by atoms with Crippen molar-refractivity contribution in [3.63, 3.8) is 0 Å². The monoisotopic (exact) mass is 223 g/mol. The van der Waals surface area contributed by atoms with Gasteiger partial charge in [-0.15, -0.1) is 11.8 Å². The van der Waals surface area contributed by atoms with Gasteiger partial charge in [-0.05, 0) is 26.0 Å². The molecule has 0 bridgehead atoms. The number of carbonyl (C=O) groups is 2. The summed E-state index contributed by atoms with van der Waals surface area (Å²) < 4.78 is 0. The number of rotatable bonds is 0. The van der Waals surface area contributed by atoms with E-state index in [1.54, 1.807) is 26.0 Å². The van der Waals surface area contributed by atoms with E-state index in [-0.39, 0.29) is 0 Å². The molecule has 2 rings (SSSR count). The number of fused-ring (bicyclic) bond motifs is 1. The lowest BCUT2D eigenvalue weighted by atomic mass is 9.98. The molecule has 1 aliphatic heterocycles. The second-order valence-corrected chi connectivity index (χ2v) is 3.44. The topological polar surface area (TPSA) is 46.2 Å². The molecule has 0 spiro atoms. The third-order valence-electron chi connectivity index (χ3n) is 2.41. The summed E-state index contributed by atoms with van der Waals surface area (Å²) in [5.74, 6) is 10.3. The fourth-order valence-corrected chi connectivity index (χ4v) is 1.78. The lowest BCUT2D eigenvalue weighted by molar-refractivity contribution is 0.0879. The third kappa shape index (κ3) is 1.68. The average Bonchev–Trinajstić information content (AvgIpc) is 2.59. The molecule has 3 nitrogen and oxygen atoms in total. The number of nitrogens with one attached hydrogen (secondary N) is 1. The summed E-state index contributed by atoms with van der Waals surface area (Å²) in [7, 11) is 0. The Morgan fingerprint density at radius 1 is 0.882 bits per heavy atom. The van der Waals surface area contributed by atoms with Crippen LogP contribution in [0.1, 0.15) is 45.7 Å². The molecule has 1 heterocycles. The van der Waals surface area contributed by atoms with Crippen LogP contribution in [0.5, 0.6) is 0 Å². The Labute approximate surface area is 99.2 Å². The minimum absolute atomic E-state index is 0.338. The minimum atomic E-state index is -0.400. The first-order valence-corrected chi connectivity index (χ1v) is 5.07. The van der Waals surface area contributed by atoms with Crippen molar-refractivity contribution < 1.29 is 9.59 Å². The van der Waals surface area contributed by atoms with Gasteiger partial charge < -0.3 is 0 Å². The number of hydrogen-bond acceptors (Lipinski definition) is 2. The molecular formula is C14H9NO2. The maximum atomic E-state index is 11.7. The van der Waals surface area contributed by atoms with E-state index in [1.807, 2.05) is 0 Å². The van der Waals surface area contributed by atoms with Crippen LogP contribution >= 0.6 is 0 Å². The van der Waals surface area contributed by atoms with Crippen molar-refractivity contribution in [1.82, 2.24) is 5.32 Å². The van der Waals surface area contributed by atoms with Crippen molar-refractivity contribution in [3.05, 3.63) is 34.4 Å². The van der Waals surface area contributed by atoms with Crippen molar-refractivity contribution in [3.8, 4) is 23.7 Å². The highest BCUT2D eigenvalue weighted by Gasteiger charge is 2.31. The van der Waals surface area contributed by atoms with Gasteiger partial charge in [-0.1, -0.05) is 11.8 Å². The maximum Gasteiger partial charge on any atom is 0.260 e. The molecule has 0 unspecified atom stereocenters. The van der Waals surface area contributed by atoms with Crippen LogP contribution in [0.25, 0.3) is 0 Å². The second-order valence-electron chi connectivity index (χ2n) is 3.44. The summed E-state index contributed by atoms with van der Waals surface area (Å²) in [4.78, 5) is 23.4. The van der Waals surface area contributed by atoms with Gasteiger partial charge in [0.1, 0.15) is 0 Å². The minimum Gasteiger partial charge on any atom is -0.288 e. The maximum absolute atomic E-state index is 11.7. The van der Waals surface area contributed by atoms with Crippen LogP contribution in [0.15, 0.2) is 12.1 Å². The molecule has 0 fully saturated rings. The average molecular weight is 223 g/mol. The van der Waals surface area contributed by atoms with Crippen LogP contribution in [0.3, 0.4) is 0 Å². The molecule has 2 amide bonds. The largest absolute Gasteiger partial charge is 0.288 e. The highest BCUT2D eigenvalue weighted by Crippen LogP contribution is 2.23. The number of amides is 2. The fourth-order valence-electron chi connectivity index (χ4n) is 1.78. The van der Waals surface area contributed by atoms with Crippen LogP contribution in [-0.2, 0) is 0 Å². The van der Waals surface area contributed by atoms with Crippen molar-refractivity contribution in [2.75, 3.05) is 0 Å². The van der Waals surface area contributed by atoms with E-state index in [0.29, 0.717) is 22.3 Å². The molecular weight excluding hydrogens is 214 g/mol.